The van der Waals surface area contributed by atoms with E-state index in [1.807, 2.05) is 0 Å². The average molecular weight is 242 g/mol. The van der Waals surface area contributed by atoms with E-state index in [-0.39, 0.29) is 18.0 Å². The molecule has 7 heteroatoms. The molecule has 0 aliphatic heterocycles. The SMILES string of the molecule is COC(CNc1ccc(O)cc1[N+](=O)[O-])OC. The van der Waals surface area contributed by atoms with E-state index in [1.165, 1.54) is 26.4 Å². The van der Waals surface area contributed by atoms with Crippen LogP contribution in [0.15, 0.2) is 18.2 Å². The molecule has 1 aromatic rings. The summed E-state index contributed by atoms with van der Waals surface area (Å²) in [4.78, 5) is 10.2. The predicted molar refractivity (Wildman–Crippen MR) is 61.1 cm³/mol. The number of methoxy groups -OCH3 is 2. The van der Waals surface area contributed by atoms with E-state index in [0.717, 1.165) is 6.07 Å². The zero-order valence-electron chi connectivity index (χ0n) is 9.54. The lowest BCUT2D eigenvalue weighted by Crippen LogP contribution is -2.23. The van der Waals surface area contributed by atoms with E-state index in [4.69, 9.17) is 9.47 Å². The van der Waals surface area contributed by atoms with Crippen LogP contribution in [0.5, 0.6) is 5.75 Å². The predicted octanol–water partition coefficient (Wildman–Crippen LogP) is 1.33. The second-order valence-corrected chi connectivity index (χ2v) is 3.24. The standard InChI is InChI=1S/C10H14N2O5/c1-16-10(17-2)6-11-8-4-3-7(13)5-9(8)12(14)15/h3-5,10-11,13H,6H2,1-2H3. The lowest BCUT2D eigenvalue weighted by molar-refractivity contribution is -0.384. The molecule has 0 aliphatic rings. The Kier molecular flexibility index (Phi) is 4.68. The van der Waals surface area contributed by atoms with Crippen molar-refractivity contribution in [2.45, 2.75) is 6.29 Å². The first-order valence-electron chi connectivity index (χ1n) is 4.85. The lowest BCUT2D eigenvalue weighted by Gasteiger charge is -2.14. The van der Waals surface area contributed by atoms with Gasteiger partial charge in [0.05, 0.1) is 17.5 Å². The van der Waals surface area contributed by atoms with Gasteiger partial charge in [0.25, 0.3) is 5.69 Å². The molecule has 2 N–H and O–H groups in total. The quantitative estimate of drug-likeness (QED) is 0.338. The molecule has 7 nitrogen and oxygen atoms in total. The summed E-state index contributed by atoms with van der Waals surface area (Å²) < 4.78 is 9.88. The summed E-state index contributed by atoms with van der Waals surface area (Å²) in [7, 11) is 2.95. The number of nitro benzene ring substituents is 1. The summed E-state index contributed by atoms with van der Waals surface area (Å²) in [5.41, 5.74) is 0.0999. The van der Waals surface area contributed by atoms with Gasteiger partial charge < -0.3 is 19.9 Å². The summed E-state index contributed by atoms with van der Waals surface area (Å²) in [5, 5.41) is 22.7. The number of nitrogens with zero attached hydrogens (tertiary/aromatic N) is 1. The Morgan fingerprint density at radius 3 is 2.65 bits per heavy atom. The molecule has 0 aliphatic carbocycles. The molecule has 0 aromatic heterocycles. The Bertz CT molecular complexity index is 392. The largest absolute Gasteiger partial charge is 0.508 e. The van der Waals surface area contributed by atoms with Crippen molar-refractivity contribution in [2.24, 2.45) is 0 Å². The highest BCUT2D eigenvalue weighted by atomic mass is 16.7. The molecule has 0 saturated carbocycles. The summed E-state index contributed by atoms with van der Waals surface area (Å²) in [5.74, 6) is -0.155. The van der Waals surface area contributed by atoms with Gasteiger partial charge in [-0.2, -0.15) is 0 Å². The highest BCUT2D eigenvalue weighted by Gasteiger charge is 2.15. The first kappa shape index (κ1) is 13.2. The van der Waals surface area contributed by atoms with Crippen LogP contribution in [0.1, 0.15) is 0 Å². The van der Waals surface area contributed by atoms with Crippen LogP contribution in [-0.4, -0.2) is 37.1 Å². The molecule has 0 atom stereocenters. The number of aromatic hydroxyl groups is 1. The number of ether oxygens (including phenoxy) is 2. The van der Waals surface area contributed by atoms with Crippen LogP contribution in [0.4, 0.5) is 11.4 Å². The van der Waals surface area contributed by atoms with E-state index in [2.05, 4.69) is 5.32 Å². The molecule has 0 fully saturated rings. The zero-order valence-corrected chi connectivity index (χ0v) is 9.54. The monoisotopic (exact) mass is 242 g/mol. The molecule has 94 valence electrons. The van der Waals surface area contributed by atoms with E-state index in [0.29, 0.717) is 5.69 Å². The fourth-order valence-electron chi connectivity index (χ4n) is 1.28. The third kappa shape index (κ3) is 3.58. The lowest BCUT2D eigenvalue weighted by atomic mass is 10.2. The maximum atomic E-state index is 10.7. The van der Waals surface area contributed by atoms with Crippen molar-refractivity contribution < 1.29 is 19.5 Å². The molecule has 1 aromatic carbocycles. The first-order chi connectivity index (χ1) is 8.08. The second kappa shape index (κ2) is 6.02. The molecule has 17 heavy (non-hydrogen) atoms. The van der Waals surface area contributed by atoms with Crippen LogP contribution in [0.3, 0.4) is 0 Å². The second-order valence-electron chi connectivity index (χ2n) is 3.24. The van der Waals surface area contributed by atoms with Crippen LogP contribution in [-0.2, 0) is 9.47 Å². The van der Waals surface area contributed by atoms with Gasteiger partial charge in [-0.15, -0.1) is 0 Å². The number of nitrogens with one attached hydrogen (secondary N) is 1. The van der Waals surface area contributed by atoms with Crippen molar-refractivity contribution >= 4 is 11.4 Å². The molecular weight excluding hydrogens is 228 g/mol. The van der Waals surface area contributed by atoms with Gasteiger partial charge in [-0.1, -0.05) is 0 Å². The number of rotatable bonds is 6. The van der Waals surface area contributed by atoms with Crippen LogP contribution in [0.25, 0.3) is 0 Å². The molecule has 1 rings (SSSR count). The number of phenols is 1. The van der Waals surface area contributed by atoms with Crippen molar-refractivity contribution in [1.82, 2.24) is 0 Å². The summed E-state index contributed by atoms with van der Waals surface area (Å²) in [6, 6.07) is 3.87. The molecule has 0 bridgehead atoms. The Morgan fingerprint density at radius 2 is 2.12 bits per heavy atom. The van der Waals surface area contributed by atoms with E-state index >= 15 is 0 Å². The van der Waals surface area contributed by atoms with Crippen molar-refractivity contribution in [3.8, 4) is 5.75 Å². The highest BCUT2D eigenvalue weighted by Crippen LogP contribution is 2.28. The zero-order chi connectivity index (χ0) is 12.8. The third-order valence-corrected chi connectivity index (χ3v) is 2.16. The fraction of sp³-hybridized carbons (Fsp3) is 0.400. The number of hydrogen-bond donors (Lipinski definition) is 2. The molecule has 0 radical (unpaired) electrons. The van der Waals surface area contributed by atoms with Crippen LogP contribution in [0.2, 0.25) is 0 Å². The fourth-order valence-corrected chi connectivity index (χ4v) is 1.28. The minimum atomic E-state index is -0.573. The molecule has 0 heterocycles. The maximum Gasteiger partial charge on any atom is 0.296 e. The highest BCUT2D eigenvalue weighted by molar-refractivity contribution is 5.63. The average Bonchev–Trinajstić information content (AvgIpc) is 2.31. The Morgan fingerprint density at radius 1 is 1.47 bits per heavy atom. The number of hydrogen-bond acceptors (Lipinski definition) is 6. The third-order valence-electron chi connectivity index (χ3n) is 2.16. The van der Waals surface area contributed by atoms with Crippen LogP contribution in [0, 0.1) is 10.1 Å². The van der Waals surface area contributed by atoms with Gasteiger partial charge in [0.2, 0.25) is 0 Å². The molecule has 0 spiro atoms. The van der Waals surface area contributed by atoms with Crippen LogP contribution >= 0.6 is 0 Å². The summed E-state index contributed by atoms with van der Waals surface area (Å²) in [6.45, 7) is 0.263. The minimum Gasteiger partial charge on any atom is -0.508 e. The molecule has 0 unspecified atom stereocenters. The van der Waals surface area contributed by atoms with Crippen LogP contribution < -0.4 is 5.32 Å². The smallest absolute Gasteiger partial charge is 0.296 e. The van der Waals surface area contributed by atoms with E-state index in [9.17, 15) is 15.2 Å². The number of benzene rings is 1. The minimum absolute atomic E-state index is 0.155. The first-order valence-corrected chi connectivity index (χ1v) is 4.85. The Balaban J connectivity index is 2.80. The number of anilines is 1. The van der Waals surface area contributed by atoms with Gasteiger partial charge in [-0.25, -0.2) is 0 Å². The van der Waals surface area contributed by atoms with E-state index in [1.54, 1.807) is 0 Å². The van der Waals surface area contributed by atoms with Crippen molar-refractivity contribution in [3.63, 3.8) is 0 Å². The van der Waals surface area contributed by atoms with Gasteiger partial charge >= 0.3 is 0 Å². The molecule has 0 amide bonds. The van der Waals surface area contributed by atoms with Gasteiger partial charge in [0, 0.05) is 14.2 Å². The molecule has 0 saturated heterocycles. The van der Waals surface area contributed by atoms with Crippen molar-refractivity contribution in [2.75, 3.05) is 26.1 Å². The molecular formula is C10H14N2O5. The summed E-state index contributed by atoms with van der Waals surface area (Å²) >= 11 is 0. The van der Waals surface area contributed by atoms with Gasteiger partial charge in [0.1, 0.15) is 11.4 Å². The Hall–Kier alpha value is -1.86. The van der Waals surface area contributed by atoms with Gasteiger partial charge in [-0.3, -0.25) is 10.1 Å². The maximum absolute atomic E-state index is 10.7. The van der Waals surface area contributed by atoms with Crippen molar-refractivity contribution in [1.29, 1.82) is 0 Å². The summed E-state index contributed by atoms with van der Waals surface area (Å²) in [6.07, 6.45) is -0.497. The topological polar surface area (TPSA) is 93.9 Å². The number of nitro groups is 1. The normalized spacial score (nSPS) is 10.5. The Labute approximate surface area is 98.1 Å². The number of phenolic OH excluding ortho intramolecular Hbond substituents is 1. The van der Waals surface area contributed by atoms with Gasteiger partial charge in [-0.05, 0) is 12.1 Å². The van der Waals surface area contributed by atoms with Gasteiger partial charge in [0.15, 0.2) is 6.29 Å². The van der Waals surface area contributed by atoms with E-state index < -0.39 is 11.2 Å². The van der Waals surface area contributed by atoms with Crippen molar-refractivity contribution in [3.05, 3.63) is 28.3 Å².